The Labute approximate surface area is 139 Å². The van der Waals surface area contributed by atoms with Crippen molar-refractivity contribution in [2.75, 3.05) is 11.5 Å². The van der Waals surface area contributed by atoms with Gasteiger partial charge < -0.3 is 5.32 Å². The van der Waals surface area contributed by atoms with Crippen LogP contribution in [0.4, 0.5) is 0 Å². The first kappa shape index (κ1) is 16.3. The molecule has 0 radical (unpaired) electrons. The number of nitrogens with one attached hydrogen (secondary N) is 1. The summed E-state index contributed by atoms with van der Waals surface area (Å²) in [6, 6.07) is -0.296. The molecule has 1 fully saturated rings. The Kier molecular flexibility index (Phi) is 4.14. The van der Waals surface area contributed by atoms with E-state index in [-0.39, 0.29) is 23.5 Å². The van der Waals surface area contributed by atoms with E-state index >= 15 is 0 Å². The number of sulfone groups is 1. The van der Waals surface area contributed by atoms with E-state index in [1.165, 1.54) is 11.3 Å². The van der Waals surface area contributed by atoms with E-state index in [0.29, 0.717) is 11.3 Å². The Balaban J connectivity index is 1.92. The molecule has 124 valence electrons. The zero-order chi connectivity index (χ0) is 16.8. The van der Waals surface area contributed by atoms with Gasteiger partial charge in [0.15, 0.2) is 9.84 Å². The molecule has 0 spiro atoms. The van der Waals surface area contributed by atoms with Crippen molar-refractivity contribution >= 4 is 37.3 Å². The van der Waals surface area contributed by atoms with Crippen LogP contribution in [0.15, 0.2) is 0 Å². The molecule has 1 aliphatic rings. The van der Waals surface area contributed by atoms with Gasteiger partial charge in [-0.3, -0.25) is 4.79 Å². The zero-order valence-electron chi connectivity index (χ0n) is 13.3. The molecule has 6 nitrogen and oxygen atoms in total. The fraction of sp³-hybridized carbons (Fsp3) is 0.533. The Morgan fingerprint density at radius 1 is 1.35 bits per heavy atom. The molecule has 0 aliphatic carbocycles. The summed E-state index contributed by atoms with van der Waals surface area (Å²) in [5.74, 6) is 0.727. The van der Waals surface area contributed by atoms with Gasteiger partial charge in [-0.05, 0) is 25.8 Å². The molecule has 23 heavy (non-hydrogen) atoms. The normalized spacial score (nSPS) is 20.0. The number of hydrogen-bond acceptors (Lipinski definition) is 6. The van der Waals surface area contributed by atoms with Crippen LogP contribution in [0.2, 0.25) is 0 Å². The van der Waals surface area contributed by atoms with Crippen molar-refractivity contribution in [1.29, 1.82) is 0 Å². The summed E-state index contributed by atoms with van der Waals surface area (Å²) in [6.07, 6.45) is 1.23. The quantitative estimate of drug-likeness (QED) is 0.909. The third-order valence-corrected chi connectivity index (χ3v) is 7.06. The van der Waals surface area contributed by atoms with E-state index in [0.717, 1.165) is 33.7 Å². The minimum Gasteiger partial charge on any atom is -0.348 e. The van der Waals surface area contributed by atoms with Gasteiger partial charge in [0.2, 0.25) is 0 Å². The first-order valence-electron chi connectivity index (χ1n) is 7.58. The molecule has 3 rings (SSSR count). The van der Waals surface area contributed by atoms with Crippen LogP contribution in [0.25, 0.3) is 10.2 Å². The van der Waals surface area contributed by atoms with E-state index in [1.54, 1.807) is 0 Å². The highest BCUT2D eigenvalue weighted by atomic mass is 32.2. The third-order valence-electron chi connectivity index (χ3n) is 4.11. The standard InChI is InChI=1S/C15H19N3O3S2/c1-4-11-16-9(3)12-8(2)13(22-15(12)18-11)14(19)17-10-5-6-23(20,21)7-10/h10H,4-7H2,1-3H3,(H,17,19)/t10-/m0/s1. The van der Waals surface area contributed by atoms with Gasteiger partial charge in [-0.15, -0.1) is 11.3 Å². The lowest BCUT2D eigenvalue weighted by atomic mass is 10.1. The Morgan fingerprint density at radius 3 is 2.70 bits per heavy atom. The maximum absolute atomic E-state index is 12.5. The van der Waals surface area contributed by atoms with Crippen molar-refractivity contribution in [3.63, 3.8) is 0 Å². The first-order valence-corrected chi connectivity index (χ1v) is 10.2. The van der Waals surface area contributed by atoms with Crippen molar-refractivity contribution < 1.29 is 13.2 Å². The van der Waals surface area contributed by atoms with E-state index in [2.05, 4.69) is 15.3 Å². The highest BCUT2D eigenvalue weighted by Crippen LogP contribution is 2.31. The highest BCUT2D eigenvalue weighted by molar-refractivity contribution is 7.91. The predicted octanol–water partition coefficient (Wildman–Crippen LogP) is 1.79. The van der Waals surface area contributed by atoms with Gasteiger partial charge in [0, 0.05) is 23.5 Å². The predicted molar refractivity (Wildman–Crippen MR) is 90.8 cm³/mol. The molecule has 3 heterocycles. The summed E-state index contributed by atoms with van der Waals surface area (Å²) in [7, 11) is -3.01. The molecule has 0 bridgehead atoms. The van der Waals surface area contributed by atoms with Crippen LogP contribution < -0.4 is 5.32 Å². The summed E-state index contributed by atoms with van der Waals surface area (Å²) in [6.45, 7) is 5.81. The van der Waals surface area contributed by atoms with Gasteiger partial charge >= 0.3 is 0 Å². The Hall–Kier alpha value is -1.54. The van der Waals surface area contributed by atoms with Crippen molar-refractivity contribution in [1.82, 2.24) is 15.3 Å². The number of aromatic nitrogens is 2. The third kappa shape index (κ3) is 3.10. The average Bonchev–Trinajstić information content (AvgIpc) is 2.99. The molecule has 0 aromatic carbocycles. The molecule has 2 aromatic heterocycles. The maximum atomic E-state index is 12.5. The van der Waals surface area contributed by atoms with Gasteiger partial charge in [-0.25, -0.2) is 18.4 Å². The summed E-state index contributed by atoms with van der Waals surface area (Å²) < 4.78 is 23.0. The number of nitrogens with zero attached hydrogens (tertiary/aromatic N) is 2. The first-order chi connectivity index (χ1) is 10.8. The second-order valence-corrected chi connectivity index (χ2v) is 9.12. The molecular formula is C15H19N3O3S2. The number of rotatable bonds is 3. The lowest BCUT2D eigenvalue weighted by Crippen LogP contribution is -2.35. The van der Waals surface area contributed by atoms with E-state index < -0.39 is 9.84 Å². The SMILES string of the molecule is CCc1nc(C)c2c(C)c(C(=O)N[C@H]3CCS(=O)(=O)C3)sc2n1. The van der Waals surface area contributed by atoms with Gasteiger partial charge in [0.25, 0.3) is 5.91 Å². The fourth-order valence-corrected chi connectivity index (χ4v) is 5.76. The topological polar surface area (TPSA) is 89.0 Å². The maximum Gasteiger partial charge on any atom is 0.261 e. The lowest BCUT2D eigenvalue weighted by molar-refractivity contribution is 0.0945. The molecule has 2 aromatic rings. The molecule has 1 aliphatic heterocycles. The number of hydrogen-bond donors (Lipinski definition) is 1. The van der Waals surface area contributed by atoms with E-state index in [4.69, 9.17) is 0 Å². The van der Waals surface area contributed by atoms with Crippen molar-refractivity contribution in [2.24, 2.45) is 0 Å². The van der Waals surface area contributed by atoms with Gasteiger partial charge in [-0.1, -0.05) is 6.92 Å². The zero-order valence-corrected chi connectivity index (χ0v) is 15.0. The Morgan fingerprint density at radius 2 is 2.09 bits per heavy atom. The monoisotopic (exact) mass is 353 g/mol. The molecule has 1 amide bonds. The van der Waals surface area contributed by atoms with Gasteiger partial charge in [0.05, 0.1) is 16.4 Å². The molecule has 1 saturated heterocycles. The molecule has 1 N–H and O–H groups in total. The summed E-state index contributed by atoms with van der Waals surface area (Å²) in [4.78, 5) is 22.9. The molecule has 1 atom stereocenters. The summed E-state index contributed by atoms with van der Waals surface area (Å²) in [5.41, 5.74) is 1.74. The van der Waals surface area contributed by atoms with E-state index in [1.807, 2.05) is 20.8 Å². The number of aryl methyl sites for hydroxylation is 3. The number of carbonyl (C=O) groups excluding carboxylic acids is 1. The van der Waals surface area contributed by atoms with Crippen LogP contribution in [0.5, 0.6) is 0 Å². The molecule has 8 heteroatoms. The minimum absolute atomic E-state index is 0.0293. The van der Waals surface area contributed by atoms with Gasteiger partial charge in [0.1, 0.15) is 10.7 Å². The highest BCUT2D eigenvalue weighted by Gasteiger charge is 2.30. The summed E-state index contributed by atoms with van der Waals surface area (Å²) in [5, 5.41) is 3.77. The van der Waals surface area contributed by atoms with Crippen molar-refractivity contribution in [2.45, 2.75) is 39.7 Å². The molecule has 0 unspecified atom stereocenters. The average molecular weight is 353 g/mol. The second-order valence-electron chi connectivity index (χ2n) is 5.89. The van der Waals surface area contributed by atoms with Crippen LogP contribution >= 0.6 is 11.3 Å². The molecule has 0 saturated carbocycles. The molecular weight excluding hydrogens is 334 g/mol. The number of amides is 1. The second kappa shape index (κ2) is 5.83. The Bertz CT molecular complexity index is 887. The largest absolute Gasteiger partial charge is 0.348 e. The smallest absolute Gasteiger partial charge is 0.261 e. The lowest BCUT2D eigenvalue weighted by Gasteiger charge is -2.10. The summed E-state index contributed by atoms with van der Waals surface area (Å²) >= 11 is 1.35. The number of thiophene rings is 1. The minimum atomic E-state index is -3.01. The van der Waals surface area contributed by atoms with Crippen LogP contribution in [0, 0.1) is 13.8 Å². The van der Waals surface area contributed by atoms with Gasteiger partial charge in [-0.2, -0.15) is 0 Å². The van der Waals surface area contributed by atoms with Crippen LogP contribution in [-0.4, -0.2) is 41.8 Å². The van der Waals surface area contributed by atoms with Crippen molar-refractivity contribution in [3.05, 3.63) is 22.0 Å². The van der Waals surface area contributed by atoms with E-state index in [9.17, 15) is 13.2 Å². The van der Waals surface area contributed by atoms with Crippen LogP contribution in [0.3, 0.4) is 0 Å². The van der Waals surface area contributed by atoms with Crippen LogP contribution in [0.1, 0.15) is 40.1 Å². The fourth-order valence-electron chi connectivity index (χ4n) is 2.93. The van der Waals surface area contributed by atoms with Crippen LogP contribution in [-0.2, 0) is 16.3 Å². The van der Waals surface area contributed by atoms with Crippen molar-refractivity contribution in [3.8, 4) is 0 Å². The number of fused-ring (bicyclic) bond motifs is 1. The number of carbonyl (C=O) groups is 1.